The SMILES string of the molecule is CC[C@@H](C(=O)NC(C)(C)C)N(Cc1ccccc1Cl)C(=O)COc1ccccc1. The third kappa shape index (κ3) is 7.09. The fourth-order valence-corrected chi connectivity index (χ4v) is 3.12. The summed E-state index contributed by atoms with van der Waals surface area (Å²) < 4.78 is 5.64. The molecular weight excluding hydrogens is 388 g/mol. The van der Waals surface area contributed by atoms with Gasteiger partial charge in [-0.25, -0.2) is 0 Å². The smallest absolute Gasteiger partial charge is 0.261 e. The number of amides is 2. The molecule has 0 aliphatic carbocycles. The number of para-hydroxylation sites is 1. The molecule has 0 saturated carbocycles. The van der Waals surface area contributed by atoms with Crippen molar-refractivity contribution >= 4 is 23.4 Å². The number of hydrogen-bond acceptors (Lipinski definition) is 3. The van der Waals surface area contributed by atoms with Gasteiger partial charge in [0.15, 0.2) is 6.61 Å². The van der Waals surface area contributed by atoms with Crippen molar-refractivity contribution in [3.8, 4) is 5.75 Å². The highest BCUT2D eigenvalue weighted by atomic mass is 35.5. The van der Waals surface area contributed by atoms with E-state index in [4.69, 9.17) is 16.3 Å². The van der Waals surface area contributed by atoms with E-state index in [0.717, 1.165) is 5.56 Å². The lowest BCUT2D eigenvalue weighted by atomic mass is 10.1. The molecule has 0 saturated heterocycles. The Kier molecular flexibility index (Phi) is 8.09. The summed E-state index contributed by atoms with van der Waals surface area (Å²) in [5, 5.41) is 3.53. The second-order valence-corrected chi connectivity index (χ2v) is 8.29. The van der Waals surface area contributed by atoms with Gasteiger partial charge in [-0.3, -0.25) is 9.59 Å². The normalized spacial score (nSPS) is 12.2. The highest BCUT2D eigenvalue weighted by molar-refractivity contribution is 6.31. The van der Waals surface area contributed by atoms with E-state index in [9.17, 15) is 9.59 Å². The van der Waals surface area contributed by atoms with Crippen molar-refractivity contribution in [1.29, 1.82) is 0 Å². The van der Waals surface area contributed by atoms with E-state index in [2.05, 4.69) is 5.32 Å². The van der Waals surface area contributed by atoms with Crippen LogP contribution in [0.25, 0.3) is 0 Å². The largest absolute Gasteiger partial charge is 0.484 e. The Labute approximate surface area is 178 Å². The molecule has 0 spiro atoms. The van der Waals surface area contributed by atoms with Gasteiger partial charge in [-0.2, -0.15) is 0 Å². The lowest BCUT2D eigenvalue weighted by Crippen LogP contribution is -2.54. The van der Waals surface area contributed by atoms with E-state index < -0.39 is 11.6 Å². The first kappa shape index (κ1) is 22.8. The Morgan fingerprint density at radius 1 is 1.07 bits per heavy atom. The van der Waals surface area contributed by atoms with Crippen LogP contribution in [0.4, 0.5) is 0 Å². The van der Waals surface area contributed by atoms with Gasteiger partial charge >= 0.3 is 0 Å². The molecular formula is C23H29ClN2O3. The Morgan fingerprint density at radius 2 is 1.69 bits per heavy atom. The first-order chi connectivity index (χ1) is 13.7. The van der Waals surface area contributed by atoms with Crippen molar-refractivity contribution in [2.75, 3.05) is 6.61 Å². The number of halogens is 1. The zero-order valence-electron chi connectivity index (χ0n) is 17.4. The van der Waals surface area contributed by atoms with Crippen LogP contribution in [0.15, 0.2) is 54.6 Å². The molecule has 156 valence electrons. The quantitative estimate of drug-likeness (QED) is 0.692. The Balaban J connectivity index is 2.24. The number of carbonyl (C=O) groups excluding carboxylic acids is 2. The van der Waals surface area contributed by atoms with Gasteiger partial charge in [0.1, 0.15) is 11.8 Å². The molecule has 5 nitrogen and oxygen atoms in total. The third-order valence-electron chi connectivity index (χ3n) is 4.29. The van der Waals surface area contributed by atoms with Crippen molar-refractivity contribution in [2.24, 2.45) is 0 Å². The number of hydrogen-bond donors (Lipinski definition) is 1. The van der Waals surface area contributed by atoms with Crippen molar-refractivity contribution < 1.29 is 14.3 Å². The van der Waals surface area contributed by atoms with Crippen LogP contribution in [-0.2, 0) is 16.1 Å². The second-order valence-electron chi connectivity index (χ2n) is 7.88. The van der Waals surface area contributed by atoms with Crippen molar-refractivity contribution in [3.63, 3.8) is 0 Å². The molecule has 2 rings (SSSR count). The lowest BCUT2D eigenvalue weighted by Gasteiger charge is -2.33. The predicted octanol–water partition coefficient (Wildman–Crippen LogP) is 4.44. The van der Waals surface area contributed by atoms with Crippen molar-refractivity contribution in [3.05, 3.63) is 65.2 Å². The number of nitrogens with zero attached hydrogens (tertiary/aromatic N) is 1. The van der Waals surface area contributed by atoms with Crippen LogP contribution in [0, 0.1) is 0 Å². The van der Waals surface area contributed by atoms with E-state index >= 15 is 0 Å². The molecule has 0 aromatic heterocycles. The summed E-state index contributed by atoms with van der Waals surface area (Å²) in [6.45, 7) is 7.70. The van der Waals surface area contributed by atoms with Crippen LogP contribution in [0.2, 0.25) is 5.02 Å². The summed E-state index contributed by atoms with van der Waals surface area (Å²) in [5.74, 6) is 0.135. The van der Waals surface area contributed by atoms with Crippen LogP contribution < -0.4 is 10.1 Å². The van der Waals surface area contributed by atoms with E-state index in [1.165, 1.54) is 0 Å². The molecule has 29 heavy (non-hydrogen) atoms. The van der Waals surface area contributed by atoms with Gasteiger partial charge in [0, 0.05) is 17.1 Å². The highest BCUT2D eigenvalue weighted by Crippen LogP contribution is 2.20. The maximum absolute atomic E-state index is 13.1. The number of carbonyl (C=O) groups is 2. The predicted molar refractivity (Wildman–Crippen MR) is 116 cm³/mol. The van der Waals surface area contributed by atoms with Crippen molar-refractivity contribution in [2.45, 2.75) is 52.2 Å². The summed E-state index contributed by atoms with van der Waals surface area (Å²) >= 11 is 6.31. The van der Waals surface area contributed by atoms with Gasteiger partial charge in [-0.1, -0.05) is 54.9 Å². The molecule has 0 aliphatic heterocycles. The Morgan fingerprint density at radius 3 is 2.28 bits per heavy atom. The first-order valence-corrected chi connectivity index (χ1v) is 10.1. The number of rotatable bonds is 8. The third-order valence-corrected chi connectivity index (χ3v) is 4.66. The van der Waals surface area contributed by atoms with E-state index in [1.54, 1.807) is 23.1 Å². The van der Waals surface area contributed by atoms with Gasteiger partial charge in [0.2, 0.25) is 5.91 Å². The van der Waals surface area contributed by atoms with E-state index in [0.29, 0.717) is 17.2 Å². The molecule has 0 unspecified atom stereocenters. The summed E-state index contributed by atoms with van der Waals surface area (Å²) in [6, 6.07) is 15.8. The number of benzene rings is 2. The summed E-state index contributed by atoms with van der Waals surface area (Å²) in [6.07, 6.45) is 0.476. The topological polar surface area (TPSA) is 58.6 Å². The molecule has 2 amide bonds. The van der Waals surface area contributed by atoms with Gasteiger partial charge in [-0.15, -0.1) is 0 Å². The molecule has 6 heteroatoms. The van der Waals surface area contributed by atoms with Crippen molar-refractivity contribution in [1.82, 2.24) is 10.2 Å². The standard InChI is InChI=1S/C23H29ClN2O3/c1-5-20(22(28)25-23(2,3)4)26(15-17-11-9-10-14-19(17)24)21(27)16-29-18-12-7-6-8-13-18/h6-14,20H,5,15-16H2,1-4H3,(H,25,28)/t20-/m0/s1. The summed E-state index contributed by atoms with van der Waals surface area (Å²) in [5.41, 5.74) is 0.383. The van der Waals surface area contributed by atoms with Gasteiger partial charge < -0.3 is 15.0 Å². The van der Waals surface area contributed by atoms with Gasteiger partial charge in [-0.05, 0) is 51.0 Å². The molecule has 2 aromatic rings. The zero-order valence-corrected chi connectivity index (χ0v) is 18.2. The van der Waals surface area contributed by atoms with Crippen LogP contribution in [0.5, 0.6) is 5.75 Å². The summed E-state index contributed by atoms with van der Waals surface area (Å²) in [7, 11) is 0. The maximum atomic E-state index is 13.1. The Hall–Kier alpha value is -2.53. The minimum atomic E-state index is -0.627. The molecule has 2 aromatic carbocycles. The Bertz CT molecular complexity index is 818. The highest BCUT2D eigenvalue weighted by Gasteiger charge is 2.31. The second kappa shape index (κ2) is 10.3. The molecule has 0 radical (unpaired) electrons. The minimum absolute atomic E-state index is 0.159. The zero-order chi connectivity index (χ0) is 21.4. The van der Waals surface area contributed by atoms with E-state index in [1.807, 2.05) is 64.1 Å². The molecule has 0 bridgehead atoms. The maximum Gasteiger partial charge on any atom is 0.261 e. The molecule has 0 heterocycles. The molecule has 1 atom stereocenters. The van der Waals surface area contributed by atoms with Gasteiger partial charge in [0.05, 0.1) is 0 Å². The molecule has 0 fully saturated rings. The van der Waals surface area contributed by atoms with Crippen LogP contribution in [0.3, 0.4) is 0 Å². The number of nitrogens with one attached hydrogen (secondary N) is 1. The monoisotopic (exact) mass is 416 g/mol. The van der Waals surface area contributed by atoms with Crippen LogP contribution in [-0.4, -0.2) is 34.9 Å². The molecule has 0 aliphatic rings. The molecule has 1 N–H and O–H groups in total. The lowest BCUT2D eigenvalue weighted by molar-refractivity contribution is -0.143. The average molecular weight is 417 g/mol. The minimum Gasteiger partial charge on any atom is -0.484 e. The number of ether oxygens (including phenoxy) is 1. The van der Waals surface area contributed by atoms with E-state index in [-0.39, 0.29) is 25.0 Å². The summed E-state index contributed by atoms with van der Waals surface area (Å²) in [4.78, 5) is 27.5. The average Bonchev–Trinajstić information content (AvgIpc) is 2.67. The van der Waals surface area contributed by atoms with Crippen LogP contribution in [0.1, 0.15) is 39.7 Å². The van der Waals surface area contributed by atoms with Gasteiger partial charge in [0.25, 0.3) is 5.91 Å². The fourth-order valence-electron chi connectivity index (χ4n) is 2.93. The van der Waals surface area contributed by atoms with Crippen LogP contribution >= 0.6 is 11.6 Å². The fraction of sp³-hybridized carbons (Fsp3) is 0.391. The first-order valence-electron chi connectivity index (χ1n) is 9.74.